The monoisotopic (exact) mass is 174 g/mol. The fourth-order valence-corrected chi connectivity index (χ4v) is 1.55. The van der Waals surface area contributed by atoms with E-state index in [1.54, 1.807) is 0 Å². The maximum Gasteiger partial charge on any atom is 0.303 e. The molecule has 0 amide bonds. The van der Waals surface area contributed by atoms with Crippen LogP contribution < -0.4 is 0 Å². The number of fused-ring (bicyclic) bond motifs is 1. The normalized spacial score (nSPS) is 18.0. The second kappa shape index (κ2) is 3.05. The van der Waals surface area contributed by atoms with E-state index in [-0.39, 0.29) is 6.42 Å². The summed E-state index contributed by atoms with van der Waals surface area (Å²) in [7, 11) is 0. The summed E-state index contributed by atoms with van der Waals surface area (Å²) in [5.41, 5.74) is 3.54. The van der Waals surface area contributed by atoms with Crippen molar-refractivity contribution in [3.05, 3.63) is 47.1 Å². The number of carboxylic acid groups (broad SMARTS) is 1. The molecule has 0 fully saturated rings. The first-order valence-electron chi connectivity index (χ1n) is 4.28. The van der Waals surface area contributed by atoms with E-state index in [4.69, 9.17) is 5.11 Å². The average molecular weight is 174 g/mol. The van der Waals surface area contributed by atoms with Gasteiger partial charge in [0.15, 0.2) is 0 Å². The average Bonchev–Trinajstić information content (AvgIpc) is 2.58. The molecule has 0 saturated carbocycles. The van der Waals surface area contributed by atoms with E-state index in [0.29, 0.717) is 6.42 Å². The Balaban J connectivity index is 2.02. The molecule has 66 valence electrons. The highest BCUT2D eigenvalue weighted by Crippen LogP contribution is 2.30. The summed E-state index contributed by atoms with van der Waals surface area (Å²) in [6, 6.07) is 0. The number of carboxylic acids is 1. The van der Waals surface area contributed by atoms with E-state index < -0.39 is 5.97 Å². The number of hydrogen-bond acceptors (Lipinski definition) is 1. The Morgan fingerprint density at radius 3 is 2.85 bits per heavy atom. The second-order valence-electron chi connectivity index (χ2n) is 3.19. The third kappa shape index (κ3) is 1.61. The van der Waals surface area contributed by atoms with Gasteiger partial charge in [-0.05, 0) is 23.1 Å². The highest BCUT2D eigenvalue weighted by molar-refractivity contribution is 5.68. The van der Waals surface area contributed by atoms with Gasteiger partial charge in [-0.3, -0.25) is 4.79 Å². The van der Waals surface area contributed by atoms with Gasteiger partial charge in [0.25, 0.3) is 0 Å². The van der Waals surface area contributed by atoms with Crippen LogP contribution in [0.1, 0.15) is 12.8 Å². The molecular formula is C11H10O2. The lowest BCUT2D eigenvalue weighted by molar-refractivity contribution is -0.136. The van der Waals surface area contributed by atoms with Crippen LogP contribution in [-0.2, 0) is 4.79 Å². The molecule has 0 atom stereocenters. The Kier molecular flexibility index (Phi) is 1.89. The lowest BCUT2D eigenvalue weighted by Crippen LogP contribution is -1.93. The summed E-state index contributed by atoms with van der Waals surface area (Å²) in [5.74, 6) is -0.735. The predicted molar refractivity (Wildman–Crippen MR) is 50.3 cm³/mol. The van der Waals surface area contributed by atoms with Crippen LogP contribution in [0.15, 0.2) is 47.1 Å². The summed E-state index contributed by atoms with van der Waals surface area (Å²) in [6.45, 7) is 0. The van der Waals surface area contributed by atoms with Crippen LogP contribution >= 0.6 is 0 Å². The first-order chi connectivity index (χ1) is 6.25. The van der Waals surface area contributed by atoms with Crippen LogP contribution in [0.5, 0.6) is 0 Å². The third-order valence-corrected chi connectivity index (χ3v) is 2.19. The third-order valence-electron chi connectivity index (χ3n) is 2.19. The van der Waals surface area contributed by atoms with E-state index in [2.05, 4.69) is 12.2 Å². The standard InChI is InChI=1S/C11H10O2/c12-11(13)5-4-8-6-9-2-1-3-10(9)7-8/h1-3,6-7H,4-5H2,(H,12,13). The molecule has 0 aromatic heterocycles. The Morgan fingerprint density at radius 2 is 2.15 bits per heavy atom. The molecule has 2 aliphatic carbocycles. The number of carbonyl (C=O) groups is 1. The molecule has 0 aromatic carbocycles. The zero-order chi connectivity index (χ0) is 9.26. The van der Waals surface area contributed by atoms with Crippen LogP contribution in [0, 0.1) is 0 Å². The van der Waals surface area contributed by atoms with Crippen molar-refractivity contribution >= 4 is 5.97 Å². The van der Waals surface area contributed by atoms with E-state index in [0.717, 1.165) is 5.57 Å². The zero-order valence-electron chi connectivity index (χ0n) is 7.16. The van der Waals surface area contributed by atoms with Crippen LogP contribution in [0.25, 0.3) is 0 Å². The Bertz CT molecular complexity index is 368. The maximum absolute atomic E-state index is 10.3. The molecule has 0 spiro atoms. The van der Waals surface area contributed by atoms with Crippen molar-refractivity contribution in [1.29, 1.82) is 0 Å². The topological polar surface area (TPSA) is 37.3 Å². The molecule has 2 heteroatoms. The van der Waals surface area contributed by atoms with Crippen molar-refractivity contribution < 1.29 is 9.90 Å². The van der Waals surface area contributed by atoms with E-state index in [1.807, 2.05) is 18.2 Å². The highest BCUT2D eigenvalue weighted by Gasteiger charge is 2.12. The minimum atomic E-state index is -0.735. The van der Waals surface area contributed by atoms with Crippen LogP contribution in [0.3, 0.4) is 0 Å². The number of rotatable bonds is 3. The van der Waals surface area contributed by atoms with Gasteiger partial charge >= 0.3 is 5.97 Å². The lowest BCUT2D eigenvalue weighted by Gasteiger charge is -1.93. The van der Waals surface area contributed by atoms with Crippen molar-refractivity contribution in [3.63, 3.8) is 0 Å². The fourth-order valence-electron chi connectivity index (χ4n) is 1.55. The Labute approximate surface area is 76.6 Å². The molecule has 2 nitrogen and oxygen atoms in total. The van der Waals surface area contributed by atoms with Gasteiger partial charge in [-0.25, -0.2) is 0 Å². The van der Waals surface area contributed by atoms with Gasteiger partial charge in [0.1, 0.15) is 0 Å². The molecule has 0 unspecified atom stereocenters. The molecule has 13 heavy (non-hydrogen) atoms. The molecule has 2 aliphatic rings. The van der Waals surface area contributed by atoms with Crippen molar-refractivity contribution in [3.8, 4) is 0 Å². The molecule has 1 N–H and O–H groups in total. The first kappa shape index (κ1) is 8.05. The Hall–Kier alpha value is -1.57. The van der Waals surface area contributed by atoms with Crippen LogP contribution in [0.2, 0.25) is 0 Å². The van der Waals surface area contributed by atoms with Gasteiger partial charge in [-0.2, -0.15) is 0 Å². The summed E-state index contributed by atoms with van der Waals surface area (Å²) in [5, 5.41) is 8.50. The SMILES string of the molecule is O=C(O)CCC1=CC2=CC=CC2=C1. The van der Waals surface area contributed by atoms with Crippen molar-refractivity contribution in [2.24, 2.45) is 0 Å². The van der Waals surface area contributed by atoms with Gasteiger partial charge in [0.2, 0.25) is 0 Å². The first-order valence-corrected chi connectivity index (χ1v) is 4.28. The number of allylic oxidation sites excluding steroid dienone is 8. The van der Waals surface area contributed by atoms with Crippen molar-refractivity contribution in [2.75, 3.05) is 0 Å². The van der Waals surface area contributed by atoms with Crippen molar-refractivity contribution in [1.82, 2.24) is 0 Å². The summed E-state index contributed by atoms with van der Waals surface area (Å²) < 4.78 is 0. The molecule has 0 aromatic rings. The van der Waals surface area contributed by atoms with Crippen LogP contribution in [0.4, 0.5) is 0 Å². The number of hydrogen-bond donors (Lipinski definition) is 1. The van der Waals surface area contributed by atoms with Crippen LogP contribution in [-0.4, -0.2) is 11.1 Å². The molecule has 0 heterocycles. The molecule has 0 aliphatic heterocycles. The molecule has 0 bridgehead atoms. The summed E-state index contributed by atoms with van der Waals surface area (Å²) in [6.07, 6.45) is 11.0. The fraction of sp³-hybridized carbons (Fsp3) is 0.182. The highest BCUT2D eigenvalue weighted by atomic mass is 16.4. The minimum absolute atomic E-state index is 0.215. The van der Waals surface area contributed by atoms with E-state index >= 15 is 0 Å². The van der Waals surface area contributed by atoms with Gasteiger partial charge < -0.3 is 5.11 Å². The van der Waals surface area contributed by atoms with E-state index in [9.17, 15) is 4.79 Å². The summed E-state index contributed by atoms with van der Waals surface area (Å²) in [4.78, 5) is 10.3. The largest absolute Gasteiger partial charge is 0.481 e. The van der Waals surface area contributed by atoms with Gasteiger partial charge in [-0.1, -0.05) is 30.4 Å². The minimum Gasteiger partial charge on any atom is -0.481 e. The molecule has 2 rings (SSSR count). The molecule has 0 saturated heterocycles. The van der Waals surface area contributed by atoms with E-state index in [1.165, 1.54) is 11.1 Å². The van der Waals surface area contributed by atoms with Crippen molar-refractivity contribution in [2.45, 2.75) is 12.8 Å². The van der Waals surface area contributed by atoms with Gasteiger partial charge in [0, 0.05) is 6.42 Å². The maximum atomic E-state index is 10.3. The molecular weight excluding hydrogens is 164 g/mol. The number of aliphatic carboxylic acids is 1. The molecule has 0 radical (unpaired) electrons. The summed E-state index contributed by atoms with van der Waals surface area (Å²) >= 11 is 0. The lowest BCUT2D eigenvalue weighted by atomic mass is 10.1. The van der Waals surface area contributed by atoms with Gasteiger partial charge in [0.05, 0.1) is 0 Å². The smallest absolute Gasteiger partial charge is 0.303 e. The Morgan fingerprint density at radius 1 is 1.31 bits per heavy atom. The van der Waals surface area contributed by atoms with Gasteiger partial charge in [-0.15, -0.1) is 0 Å². The predicted octanol–water partition coefficient (Wildman–Crippen LogP) is 2.21. The zero-order valence-corrected chi connectivity index (χ0v) is 7.16. The second-order valence-corrected chi connectivity index (χ2v) is 3.19. The quantitative estimate of drug-likeness (QED) is 0.712.